The summed E-state index contributed by atoms with van der Waals surface area (Å²) in [6, 6.07) is 2.38. The molecule has 1 saturated heterocycles. The molecular weight excluding hydrogens is 286 g/mol. The summed E-state index contributed by atoms with van der Waals surface area (Å²) < 4.78 is 0. The molecule has 0 atom stereocenters. The van der Waals surface area contributed by atoms with Crippen molar-refractivity contribution in [2.75, 3.05) is 37.6 Å². The van der Waals surface area contributed by atoms with Crippen LogP contribution in [0, 0.1) is 17.2 Å². The molecule has 1 aromatic rings. The summed E-state index contributed by atoms with van der Waals surface area (Å²) in [5.41, 5.74) is 2.76. The standard InChI is InChI=1S/C18H29N5/c1-5-15-16(13-19)18(21-20-17(15)6-2)23-11-9-22(10-12-23)8-7-14(3)4/h14H,5-12H2,1-4H3. The predicted octanol–water partition coefficient (Wildman–Crippen LogP) is 2.64. The summed E-state index contributed by atoms with van der Waals surface area (Å²) in [7, 11) is 0. The minimum Gasteiger partial charge on any atom is -0.351 e. The highest BCUT2D eigenvalue weighted by Gasteiger charge is 2.23. The average Bonchev–Trinajstić information content (AvgIpc) is 2.58. The fourth-order valence-electron chi connectivity index (χ4n) is 3.13. The second kappa shape index (κ2) is 8.26. The van der Waals surface area contributed by atoms with Gasteiger partial charge in [0.15, 0.2) is 5.82 Å². The molecule has 1 aliphatic heterocycles. The highest BCUT2D eigenvalue weighted by atomic mass is 15.3. The van der Waals surface area contributed by atoms with Gasteiger partial charge in [0.2, 0.25) is 0 Å². The average molecular weight is 315 g/mol. The van der Waals surface area contributed by atoms with Gasteiger partial charge in [-0.05, 0) is 37.3 Å². The number of hydrogen-bond acceptors (Lipinski definition) is 5. The lowest BCUT2D eigenvalue weighted by atomic mass is 10.0. The van der Waals surface area contributed by atoms with Gasteiger partial charge in [-0.2, -0.15) is 10.4 Å². The lowest BCUT2D eigenvalue weighted by molar-refractivity contribution is 0.243. The van der Waals surface area contributed by atoms with E-state index in [-0.39, 0.29) is 0 Å². The first-order valence-electron chi connectivity index (χ1n) is 8.86. The topological polar surface area (TPSA) is 56.1 Å². The monoisotopic (exact) mass is 315 g/mol. The van der Waals surface area contributed by atoms with Crippen LogP contribution in [0.3, 0.4) is 0 Å². The van der Waals surface area contributed by atoms with Crippen molar-refractivity contribution in [1.82, 2.24) is 15.1 Å². The van der Waals surface area contributed by atoms with Crippen molar-refractivity contribution < 1.29 is 0 Å². The zero-order chi connectivity index (χ0) is 16.8. The Labute approximate surface area is 140 Å². The van der Waals surface area contributed by atoms with Gasteiger partial charge in [-0.1, -0.05) is 27.7 Å². The van der Waals surface area contributed by atoms with Gasteiger partial charge in [-0.3, -0.25) is 4.90 Å². The molecule has 23 heavy (non-hydrogen) atoms. The Morgan fingerprint density at radius 2 is 1.78 bits per heavy atom. The molecule has 2 rings (SSSR count). The third-order valence-electron chi connectivity index (χ3n) is 4.63. The van der Waals surface area contributed by atoms with Crippen LogP contribution in [-0.2, 0) is 12.8 Å². The molecular formula is C18H29N5. The van der Waals surface area contributed by atoms with E-state index in [1.165, 1.54) is 6.42 Å². The van der Waals surface area contributed by atoms with Gasteiger partial charge in [0.05, 0.1) is 5.69 Å². The maximum absolute atomic E-state index is 9.62. The van der Waals surface area contributed by atoms with Crippen molar-refractivity contribution in [2.24, 2.45) is 5.92 Å². The van der Waals surface area contributed by atoms with Crippen LogP contribution in [0.1, 0.15) is 50.9 Å². The van der Waals surface area contributed by atoms with E-state index in [9.17, 15) is 5.26 Å². The second-order valence-electron chi connectivity index (χ2n) is 6.65. The fourth-order valence-corrected chi connectivity index (χ4v) is 3.13. The van der Waals surface area contributed by atoms with E-state index in [1.807, 2.05) is 0 Å². The minimum atomic E-state index is 0.731. The predicted molar refractivity (Wildman–Crippen MR) is 93.6 cm³/mol. The van der Waals surface area contributed by atoms with E-state index in [4.69, 9.17) is 0 Å². The molecule has 1 fully saturated rings. The van der Waals surface area contributed by atoms with Crippen molar-refractivity contribution in [3.05, 3.63) is 16.8 Å². The van der Waals surface area contributed by atoms with Crippen LogP contribution in [0.15, 0.2) is 0 Å². The number of aromatic nitrogens is 2. The van der Waals surface area contributed by atoms with Crippen molar-refractivity contribution in [1.29, 1.82) is 5.26 Å². The Kier molecular flexibility index (Phi) is 6.35. The smallest absolute Gasteiger partial charge is 0.169 e. The molecule has 0 amide bonds. The molecule has 1 aliphatic rings. The Balaban J connectivity index is 2.10. The number of nitriles is 1. The van der Waals surface area contributed by atoms with Gasteiger partial charge in [0.25, 0.3) is 0 Å². The largest absolute Gasteiger partial charge is 0.351 e. The second-order valence-corrected chi connectivity index (χ2v) is 6.65. The molecule has 126 valence electrons. The number of rotatable bonds is 6. The lowest BCUT2D eigenvalue weighted by Crippen LogP contribution is -2.47. The van der Waals surface area contributed by atoms with Crippen LogP contribution in [0.25, 0.3) is 0 Å². The number of hydrogen-bond donors (Lipinski definition) is 0. The van der Waals surface area contributed by atoms with Crippen molar-refractivity contribution in [3.63, 3.8) is 0 Å². The van der Waals surface area contributed by atoms with Crippen LogP contribution in [0.5, 0.6) is 0 Å². The van der Waals surface area contributed by atoms with E-state index < -0.39 is 0 Å². The molecule has 0 saturated carbocycles. The summed E-state index contributed by atoms with van der Waals surface area (Å²) in [6.45, 7) is 13.8. The third-order valence-corrected chi connectivity index (χ3v) is 4.63. The molecule has 0 unspecified atom stereocenters. The summed E-state index contributed by atoms with van der Waals surface area (Å²) in [4.78, 5) is 4.74. The van der Waals surface area contributed by atoms with Crippen LogP contribution in [-0.4, -0.2) is 47.8 Å². The molecule has 5 nitrogen and oxygen atoms in total. The first-order chi connectivity index (χ1) is 11.1. The SMILES string of the molecule is CCc1nnc(N2CCN(CCC(C)C)CC2)c(C#N)c1CC. The van der Waals surface area contributed by atoms with Gasteiger partial charge < -0.3 is 4.90 Å². The summed E-state index contributed by atoms with van der Waals surface area (Å²) >= 11 is 0. The van der Waals surface area contributed by atoms with Gasteiger partial charge in [-0.25, -0.2) is 0 Å². The van der Waals surface area contributed by atoms with Gasteiger partial charge in [-0.15, -0.1) is 5.10 Å². The number of aryl methyl sites for hydroxylation is 1. The van der Waals surface area contributed by atoms with E-state index in [0.717, 1.165) is 74.1 Å². The highest BCUT2D eigenvalue weighted by Crippen LogP contribution is 2.24. The maximum atomic E-state index is 9.62. The molecule has 2 heterocycles. The van der Waals surface area contributed by atoms with E-state index in [1.54, 1.807) is 0 Å². The number of anilines is 1. The molecule has 0 radical (unpaired) electrons. The molecule has 0 spiro atoms. The molecule has 0 aromatic carbocycles. The van der Waals surface area contributed by atoms with Crippen LogP contribution in [0.2, 0.25) is 0 Å². The molecule has 0 bridgehead atoms. The van der Waals surface area contributed by atoms with E-state index in [2.05, 4.69) is 53.8 Å². The van der Waals surface area contributed by atoms with Crippen LogP contribution < -0.4 is 4.90 Å². The Morgan fingerprint density at radius 1 is 1.09 bits per heavy atom. The van der Waals surface area contributed by atoms with Crippen molar-refractivity contribution in [2.45, 2.75) is 47.0 Å². The van der Waals surface area contributed by atoms with Crippen molar-refractivity contribution in [3.8, 4) is 6.07 Å². The van der Waals surface area contributed by atoms with E-state index >= 15 is 0 Å². The van der Waals surface area contributed by atoms with Crippen molar-refractivity contribution >= 4 is 5.82 Å². The first-order valence-corrected chi connectivity index (χ1v) is 8.86. The quantitative estimate of drug-likeness (QED) is 0.808. The number of nitrogens with zero attached hydrogens (tertiary/aromatic N) is 5. The zero-order valence-corrected chi connectivity index (χ0v) is 15.0. The van der Waals surface area contributed by atoms with Gasteiger partial charge in [0.1, 0.15) is 11.6 Å². The minimum absolute atomic E-state index is 0.731. The number of piperazine rings is 1. The zero-order valence-electron chi connectivity index (χ0n) is 15.0. The molecule has 5 heteroatoms. The maximum Gasteiger partial charge on any atom is 0.169 e. The van der Waals surface area contributed by atoms with Crippen LogP contribution >= 0.6 is 0 Å². The van der Waals surface area contributed by atoms with Crippen LogP contribution in [0.4, 0.5) is 5.82 Å². The summed E-state index contributed by atoms with van der Waals surface area (Å²) in [5.74, 6) is 1.53. The van der Waals surface area contributed by atoms with Gasteiger partial charge in [0, 0.05) is 26.2 Å². The van der Waals surface area contributed by atoms with Gasteiger partial charge >= 0.3 is 0 Å². The van der Waals surface area contributed by atoms with E-state index in [0.29, 0.717) is 0 Å². The Bertz CT molecular complexity index is 553. The highest BCUT2D eigenvalue weighted by molar-refractivity contribution is 5.58. The molecule has 1 aromatic heterocycles. The normalized spacial score (nSPS) is 15.9. The Morgan fingerprint density at radius 3 is 2.30 bits per heavy atom. The Hall–Kier alpha value is -1.67. The summed E-state index contributed by atoms with van der Waals surface area (Å²) in [5, 5.41) is 18.4. The lowest BCUT2D eigenvalue weighted by Gasteiger charge is -2.36. The molecule has 0 N–H and O–H groups in total. The third kappa shape index (κ3) is 4.20. The summed E-state index contributed by atoms with van der Waals surface area (Å²) in [6.07, 6.45) is 2.91. The molecule has 0 aliphatic carbocycles. The fraction of sp³-hybridized carbons (Fsp3) is 0.722. The first kappa shape index (κ1) is 17.7.